The van der Waals surface area contributed by atoms with Crippen LogP contribution in [0.2, 0.25) is 0 Å². The summed E-state index contributed by atoms with van der Waals surface area (Å²) in [6.45, 7) is 1.81. The third-order valence-electron chi connectivity index (χ3n) is 2.58. The van der Waals surface area contributed by atoms with E-state index in [1.54, 1.807) is 14.0 Å². The Morgan fingerprint density at radius 1 is 1.61 bits per heavy atom. The van der Waals surface area contributed by atoms with Crippen molar-refractivity contribution < 1.29 is 18.3 Å². The average molecular weight is 275 g/mol. The van der Waals surface area contributed by atoms with Crippen molar-refractivity contribution in [2.75, 3.05) is 6.54 Å². The molecule has 0 aliphatic rings. The van der Waals surface area contributed by atoms with Crippen molar-refractivity contribution in [3.63, 3.8) is 0 Å². The number of rotatable bonds is 7. The molecule has 2 N–H and O–H groups in total. The van der Waals surface area contributed by atoms with E-state index >= 15 is 0 Å². The third-order valence-corrected chi connectivity index (χ3v) is 4.11. The zero-order valence-electron chi connectivity index (χ0n) is 10.3. The maximum atomic E-state index is 11.8. The number of sulfonamides is 1. The Balaban J connectivity index is 2.45. The molecule has 1 aromatic rings. The summed E-state index contributed by atoms with van der Waals surface area (Å²) in [5.41, 5.74) is 0. The van der Waals surface area contributed by atoms with Gasteiger partial charge >= 0.3 is 5.97 Å². The van der Waals surface area contributed by atoms with E-state index in [0.29, 0.717) is 12.8 Å². The van der Waals surface area contributed by atoms with Crippen LogP contribution in [-0.2, 0) is 21.9 Å². The highest BCUT2D eigenvalue weighted by molar-refractivity contribution is 7.89. The predicted octanol–water partition coefficient (Wildman–Crippen LogP) is 0.199. The quantitative estimate of drug-likeness (QED) is 0.692. The Morgan fingerprint density at radius 2 is 2.28 bits per heavy atom. The van der Waals surface area contributed by atoms with Gasteiger partial charge in [-0.05, 0) is 18.9 Å². The van der Waals surface area contributed by atoms with Crippen molar-refractivity contribution in [2.45, 2.75) is 24.8 Å². The highest BCUT2D eigenvalue weighted by Gasteiger charge is 2.17. The van der Waals surface area contributed by atoms with Crippen LogP contribution in [-0.4, -0.2) is 35.8 Å². The lowest BCUT2D eigenvalue weighted by molar-refractivity contribution is -0.141. The first kappa shape index (κ1) is 14.7. The van der Waals surface area contributed by atoms with E-state index in [0.717, 1.165) is 0 Å². The van der Waals surface area contributed by atoms with E-state index in [2.05, 4.69) is 9.82 Å². The maximum absolute atomic E-state index is 11.8. The molecular weight excluding hydrogens is 258 g/mol. The van der Waals surface area contributed by atoms with Gasteiger partial charge in [0.2, 0.25) is 0 Å². The molecule has 1 unspecified atom stereocenters. The van der Waals surface area contributed by atoms with Crippen LogP contribution in [0, 0.1) is 5.92 Å². The first-order chi connectivity index (χ1) is 8.34. The highest BCUT2D eigenvalue weighted by Crippen LogP contribution is 2.08. The number of nitrogens with zero attached hydrogens (tertiary/aromatic N) is 2. The largest absolute Gasteiger partial charge is 0.481 e. The van der Waals surface area contributed by atoms with E-state index in [-0.39, 0.29) is 11.6 Å². The van der Waals surface area contributed by atoms with E-state index in [1.165, 1.54) is 16.9 Å². The highest BCUT2D eigenvalue weighted by atomic mass is 32.2. The van der Waals surface area contributed by atoms with Crippen molar-refractivity contribution >= 4 is 16.0 Å². The molecule has 1 heterocycles. The number of hydrogen-bond donors (Lipinski definition) is 2. The van der Waals surface area contributed by atoms with Crippen molar-refractivity contribution in [1.29, 1.82) is 0 Å². The van der Waals surface area contributed by atoms with E-state index in [9.17, 15) is 13.2 Å². The molecule has 0 fully saturated rings. The van der Waals surface area contributed by atoms with Crippen molar-refractivity contribution in [1.82, 2.24) is 14.5 Å². The number of aromatic nitrogens is 2. The summed E-state index contributed by atoms with van der Waals surface area (Å²) in [6, 6.07) is 1.40. The number of carboxylic acid groups (broad SMARTS) is 1. The molecule has 0 radical (unpaired) electrons. The van der Waals surface area contributed by atoms with Crippen LogP contribution in [0.3, 0.4) is 0 Å². The van der Waals surface area contributed by atoms with Crippen molar-refractivity contribution in [3.8, 4) is 0 Å². The Hall–Kier alpha value is -1.41. The third kappa shape index (κ3) is 3.81. The minimum absolute atomic E-state index is 0.0915. The van der Waals surface area contributed by atoms with Crippen molar-refractivity contribution in [3.05, 3.63) is 12.3 Å². The lowest BCUT2D eigenvalue weighted by atomic mass is 10.1. The Bertz CT molecular complexity index is 509. The summed E-state index contributed by atoms with van der Waals surface area (Å²) in [5.74, 6) is -1.34. The van der Waals surface area contributed by atoms with Gasteiger partial charge in [-0.25, -0.2) is 13.1 Å². The summed E-state index contributed by atoms with van der Waals surface area (Å²) in [6.07, 6.45) is 2.31. The molecule has 1 rings (SSSR count). The second-order valence-electron chi connectivity index (χ2n) is 4.07. The Kier molecular flexibility index (Phi) is 4.85. The molecule has 102 valence electrons. The van der Waals surface area contributed by atoms with Crippen LogP contribution in [0.15, 0.2) is 17.3 Å². The van der Waals surface area contributed by atoms with Gasteiger partial charge in [0.05, 0.1) is 12.1 Å². The Morgan fingerprint density at radius 3 is 2.78 bits per heavy atom. The zero-order valence-corrected chi connectivity index (χ0v) is 11.1. The first-order valence-corrected chi connectivity index (χ1v) is 7.03. The van der Waals surface area contributed by atoms with Gasteiger partial charge < -0.3 is 5.11 Å². The van der Waals surface area contributed by atoms with Gasteiger partial charge in [-0.3, -0.25) is 9.48 Å². The molecule has 0 saturated heterocycles. The molecule has 8 heteroatoms. The van der Waals surface area contributed by atoms with Crippen molar-refractivity contribution in [2.24, 2.45) is 13.0 Å². The lowest BCUT2D eigenvalue weighted by Crippen LogP contribution is -2.27. The summed E-state index contributed by atoms with van der Waals surface area (Å²) >= 11 is 0. The molecule has 0 saturated carbocycles. The Labute approximate surface area is 106 Å². The van der Waals surface area contributed by atoms with Crippen LogP contribution >= 0.6 is 0 Å². The molecule has 0 aliphatic carbocycles. The number of aliphatic carboxylic acids is 1. The number of hydrogen-bond acceptors (Lipinski definition) is 4. The van der Waals surface area contributed by atoms with Gasteiger partial charge in [0, 0.05) is 13.6 Å². The van der Waals surface area contributed by atoms with E-state index < -0.39 is 21.9 Å². The topological polar surface area (TPSA) is 101 Å². The molecule has 1 aromatic heterocycles. The molecule has 0 bridgehead atoms. The van der Waals surface area contributed by atoms with Gasteiger partial charge in [0.25, 0.3) is 10.0 Å². The van der Waals surface area contributed by atoms with Crippen LogP contribution in [0.25, 0.3) is 0 Å². The molecule has 0 spiro atoms. The summed E-state index contributed by atoms with van der Waals surface area (Å²) in [4.78, 5) is 10.6. The maximum Gasteiger partial charge on any atom is 0.306 e. The summed E-state index contributed by atoms with van der Waals surface area (Å²) in [7, 11) is -2.02. The van der Waals surface area contributed by atoms with E-state index in [4.69, 9.17) is 5.11 Å². The molecule has 0 aromatic carbocycles. The van der Waals surface area contributed by atoms with Gasteiger partial charge in [-0.1, -0.05) is 6.92 Å². The molecule has 18 heavy (non-hydrogen) atoms. The van der Waals surface area contributed by atoms with Crippen LogP contribution in [0.1, 0.15) is 19.8 Å². The fourth-order valence-electron chi connectivity index (χ4n) is 1.44. The number of carboxylic acids is 1. The monoisotopic (exact) mass is 275 g/mol. The SMILES string of the molecule is CC(CCCNS(=O)(=O)c1ccnn1C)C(=O)O. The second-order valence-corrected chi connectivity index (χ2v) is 5.79. The van der Waals surface area contributed by atoms with Crippen LogP contribution < -0.4 is 4.72 Å². The van der Waals surface area contributed by atoms with Gasteiger partial charge in [0.1, 0.15) is 0 Å². The zero-order chi connectivity index (χ0) is 13.8. The summed E-state index contributed by atoms with van der Waals surface area (Å²) < 4.78 is 27.3. The average Bonchev–Trinajstić information content (AvgIpc) is 2.71. The van der Waals surface area contributed by atoms with Crippen LogP contribution in [0.4, 0.5) is 0 Å². The number of nitrogens with one attached hydrogen (secondary N) is 1. The predicted molar refractivity (Wildman–Crippen MR) is 64.4 cm³/mol. The molecular formula is C10H17N3O4S. The minimum Gasteiger partial charge on any atom is -0.481 e. The minimum atomic E-state index is -3.56. The fraction of sp³-hybridized carbons (Fsp3) is 0.600. The van der Waals surface area contributed by atoms with E-state index in [1.807, 2.05) is 0 Å². The smallest absolute Gasteiger partial charge is 0.306 e. The number of aryl methyl sites for hydroxylation is 1. The number of carbonyl (C=O) groups is 1. The second kappa shape index (κ2) is 5.96. The molecule has 0 amide bonds. The normalized spacial score (nSPS) is 13.4. The standard InChI is InChI=1S/C10H17N3O4S/c1-8(10(14)15)4-3-6-12-18(16,17)9-5-7-11-13(9)2/h5,7-8,12H,3-4,6H2,1-2H3,(H,14,15). The van der Waals surface area contributed by atoms with Gasteiger partial charge in [-0.2, -0.15) is 5.10 Å². The fourth-order valence-corrected chi connectivity index (χ4v) is 2.63. The molecule has 1 atom stereocenters. The van der Waals surface area contributed by atoms with Gasteiger partial charge in [0.15, 0.2) is 5.03 Å². The van der Waals surface area contributed by atoms with Crippen LogP contribution in [0.5, 0.6) is 0 Å². The molecule has 0 aliphatic heterocycles. The van der Waals surface area contributed by atoms with Gasteiger partial charge in [-0.15, -0.1) is 0 Å². The lowest BCUT2D eigenvalue weighted by Gasteiger charge is -2.08. The first-order valence-electron chi connectivity index (χ1n) is 5.55. The molecule has 7 nitrogen and oxygen atoms in total. The summed E-state index contributed by atoms with van der Waals surface area (Å²) in [5, 5.41) is 12.6.